The number of urea groups is 1. The fourth-order valence-electron chi connectivity index (χ4n) is 1.65. The Balaban J connectivity index is 2.59. The van der Waals surface area contributed by atoms with Crippen LogP contribution in [0.3, 0.4) is 0 Å². The molecule has 0 aromatic heterocycles. The zero-order valence-corrected chi connectivity index (χ0v) is 10.5. The van der Waals surface area contributed by atoms with E-state index in [-0.39, 0.29) is 0 Å². The van der Waals surface area contributed by atoms with Gasteiger partial charge < -0.3 is 5.73 Å². The van der Waals surface area contributed by atoms with Crippen molar-refractivity contribution in [2.45, 2.75) is 33.1 Å². The van der Waals surface area contributed by atoms with Crippen molar-refractivity contribution < 1.29 is 4.79 Å². The van der Waals surface area contributed by atoms with E-state index in [0.29, 0.717) is 5.92 Å². The van der Waals surface area contributed by atoms with Crippen LogP contribution in [0, 0.1) is 6.92 Å². The van der Waals surface area contributed by atoms with Gasteiger partial charge >= 0.3 is 6.03 Å². The van der Waals surface area contributed by atoms with Gasteiger partial charge in [-0.2, -0.15) is 5.10 Å². The number of hydrogen-bond acceptors (Lipinski definition) is 2. The van der Waals surface area contributed by atoms with Crippen LogP contribution in [0.4, 0.5) is 4.79 Å². The number of amides is 2. The minimum Gasteiger partial charge on any atom is -0.350 e. The van der Waals surface area contributed by atoms with Gasteiger partial charge in [0, 0.05) is 5.71 Å². The van der Waals surface area contributed by atoms with Crippen LogP contribution in [0.2, 0.25) is 0 Å². The number of nitrogens with one attached hydrogen (secondary N) is 1. The zero-order valence-electron chi connectivity index (χ0n) is 10.5. The summed E-state index contributed by atoms with van der Waals surface area (Å²) < 4.78 is 0. The average Bonchev–Trinajstić information content (AvgIpc) is 2.27. The highest BCUT2D eigenvalue weighted by molar-refractivity contribution is 5.84. The first-order chi connectivity index (χ1) is 7.99. The smallest absolute Gasteiger partial charge is 0.332 e. The fraction of sp³-hybridized carbons (Fsp3) is 0.385. The Morgan fingerprint density at radius 3 is 2.53 bits per heavy atom. The van der Waals surface area contributed by atoms with Crippen LogP contribution in [0.25, 0.3) is 0 Å². The molecule has 4 heteroatoms. The first-order valence-electron chi connectivity index (χ1n) is 5.64. The van der Waals surface area contributed by atoms with Gasteiger partial charge in [-0.3, -0.25) is 0 Å². The molecule has 0 radical (unpaired) electrons. The first-order valence-corrected chi connectivity index (χ1v) is 5.64. The number of aryl methyl sites for hydroxylation is 1. The molecule has 1 aromatic rings. The van der Waals surface area contributed by atoms with Gasteiger partial charge in [-0.1, -0.05) is 36.8 Å². The second-order valence-corrected chi connectivity index (χ2v) is 4.34. The summed E-state index contributed by atoms with van der Waals surface area (Å²) in [6.07, 6.45) is 0.795. The minimum atomic E-state index is -0.632. The molecule has 92 valence electrons. The number of benzene rings is 1. The third kappa shape index (κ3) is 4.68. The van der Waals surface area contributed by atoms with Crippen LogP contribution in [-0.2, 0) is 0 Å². The topological polar surface area (TPSA) is 67.5 Å². The van der Waals surface area contributed by atoms with Gasteiger partial charge in [-0.05, 0) is 31.7 Å². The van der Waals surface area contributed by atoms with Gasteiger partial charge in [-0.15, -0.1) is 0 Å². The number of carbonyl (C=O) groups excluding carboxylic acids is 1. The molecule has 4 nitrogen and oxygen atoms in total. The van der Waals surface area contributed by atoms with Gasteiger partial charge in [-0.25, -0.2) is 10.2 Å². The number of hydrazone groups is 1. The van der Waals surface area contributed by atoms with Crippen molar-refractivity contribution in [3.05, 3.63) is 35.4 Å². The predicted molar refractivity (Wildman–Crippen MR) is 70.0 cm³/mol. The normalized spacial score (nSPS) is 13.2. The van der Waals surface area contributed by atoms with E-state index in [4.69, 9.17) is 5.73 Å². The van der Waals surface area contributed by atoms with Crippen LogP contribution >= 0.6 is 0 Å². The number of primary amides is 1. The molecule has 0 bridgehead atoms. The maximum Gasteiger partial charge on any atom is 0.332 e. The Bertz CT molecular complexity index is 409. The van der Waals surface area contributed by atoms with Crippen LogP contribution < -0.4 is 11.2 Å². The predicted octanol–water partition coefficient (Wildman–Crippen LogP) is 2.53. The Hall–Kier alpha value is -1.84. The minimum absolute atomic E-state index is 0.369. The Morgan fingerprint density at radius 2 is 2.00 bits per heavy atom. The number of hydrogen-bond donors (Lipinski definition) is 2. The Morgan fingerprint density at radius 1 is 1.41 bits per heavy atom. The molecule has 0 aliphatic heterocycles. The van der Waals surface area contributed by atoms with E-state index in [9.17, 15) is 4.79 Å². The molecule has 1 rings (SSSR count). The number of carbonyl (C=O) groups is 1. The lowest BCUT2D eigenvalue weighted by Gasteiger charge is -2.11. The van der Waals surface area contributed by atoms with Crippen molar-refractivity contribution in [1.29, 1.82) is 0 Å². The zero-order chi connectivity index (χ0) is 12.8. The summed E-state index contributed by atoms with van der Waals surface area (Å²) in [4.78, 5) is 10.5. The van der Waals surface area contributed by atoms with Crippen molar-refractivity contribution in [3.8, 4) is 0 Å². The molecule has 0 saturated heterocycles. The molecule has 0 aliphatic rings. The van der Waals surface area contributed by atoms with E-state index in [1.165, 1.54) is 11.1 Å². The van der Waals surface area contributed by atoms with Gasteiger partial charge in [0.2, 0.25) is 0 Å². The summed E-state index contributed by atoms with van der Waals surface area (Å²) >= 11 is 0. The van der Waals surface area contributed by atoms with Gasteiger partial charge in [0.05, 0.1) is 0 Å². The van der Waals surface area contributed by atoms with E-state index in [2.05, 4.69) is 48.6 Å². The molecule has 2 amide bonds. The molecule has 0 fully saturated rings. The molecule has 1 atom stereocenters. The van der Waals surface area contributed by atoms with Crippen LogP contribution in [0.1, 0.15) is 37.3 Å². The molecule has 0 saturated carbocycles. The summed E-state index contributed by atoms with van der Waals surface area (Å²) in [6, 6.07) is 7.80. The van der Waals surface area contributed by atoms with E-state index in [1.54, 1.807) is 0 Å². The molecule has 0 heterocycles. The highest BCUT2D eigenvalue weighted by atomic mass is 16.2. The molecule has 0 spiro atoms. The average molecular weight is 233 g/mol. The molecule has 17 heavy (non-hydrogen) atoms. The Kier molecular flexibility index (Phi) is 4.69. The third-order valence-corrected chi connectivity index (χ3v) is 2.60. The molecule has 1 aromatic carbocycles. The van der Waals surface area contributed by atoms with Crippen LogP contribution in [0.5, 0.6) is 0 Å². The summed E-state index contributed by atoms with van der Waals surface area (Å²) in [6.45, 7) is 6.08. The highest BCUT2D eigenvalue weighted by Gasteiger charge is 2.07. The molecule has 0 aliphatic carbocycles. The highest BCUT2D eigenvalue weighted by Crippen LogP contribution is 2.19. The summed E-state index contributed by atoms with van der Waals surface area (Å²) in [5, 5.41) is 3.90. The largest absolute Gasteiger partial charge is 0.350 e. The van der Waals surface area contributed by atoms with Crippen molar-refractivity contribution in [2.75, 3.05) is 0 Å². The third-order valence-electron chi connectivity index (χ3n) is 2.60. The lowest BCUT2D eigenvalue weighted by atomic mass is 9.95. The fourth-order valence-corrected chi connectivity index (χ4v) is 1.65. The second kappa shape index (κ2) is 6.03. The number of nitrogens with two attached hydrogens (primary N) is 1. The van der Waals surface area contributed by atoms with Crippen LogP contribution in [0.15, 0.2) is 29.4 Å². The monoisotopic (exact) mass is 233 g/mol. The molecular formula is C13H19N3O. The molecule has 0 unspecified atom stereocenters. The standard InChI is InChI=1S/C13H19N3O/c1-9-4-6-12(7-5-9)10(2)8-11(3)15-16-13(14)17/h4-7,10H,8H2,1-3H3,(H3,14,16,17)/b15-11-/t10-/m1/s1. The maximum atomic E-state index is 10.5. The van der Waals surface area contributed by atoms with Crippen molar-refractivity contribution in [2.24, 2.45) is 10.8 Å². The first kappa shape index (κ1) is 13.2. The summed E-state index contributed by atoms with van der Waals surface area (Å²) in [5.41, 5.74) is 10.6. The van der Waals surface area contributed by atoms with E-state index in [0.717, 1.165) is 12.1 Å². The lowest BCUT2D eigenvalue weighted by molar-refractivity contribution is 0.249. The summed E-state index contributed by atoms with van der Waals surface area (Å²) in [5.74, 6) is 0.369. The SMILES string of the molecule is C/C(C[C@@H](C)c1ccc(C)cc1)=N/NC(N)=O. The Labute approximate surface area is 102 Å². The van der Waals surface area contributed by atoms with E-state index < -0.39 is 6.03 Å². The second-order valence-electron chi connectivity index (χ2n) is 4.34. The summed E-state index contributed by atoms with van der Waals surface area (Å²) in [7, 11) is 0. The van der Waals surface area contributed by atoms with Crippen molar-refractivity contribution in [3.63, 3.8) is 0 Å². The van der Waals surface area contributed by atoms with Gasteiger partial charge in [0.1, 0.15) is 0 Å². The van der Waals surface area contributed by atoms with Crippen molar-refractivity contribution in [1.82, 2.24) is 5.43 Å². The number of rotatable bonds is 4. The van der Waals surface area contributed by atoms with E-state index >= 15 is 0 Å². The van der Waals surface area contributed by atoms with Gasteiger partial charge in [0.15, 0.2) is 0 Å². The maximum absolute atomic E-state index is 10.5. The van der Waals surface area contributed by atoms with E-state index in [1.807, 2.05) is 6.92 Å². The van der Waals surface area contributed by atoms with Gasteiger partial charge in [0.25, 0.3) is 0 Å². The molecule has 3 N–H and O–H groups in total. The molecular weight excluding hydrogens is 214 g/mol. The van der Waals surface area contributed by atoms with Crippen LogP contribution in [-0.4, -0.2) is 11.7 Å². The lowest BCUT2D eigenvalue weighted by Crippen LogP contribution is -2.25. The number of nitrogens with zero attached hydrogens (tertiary/aromatic N) is 1. The van der Waals surface area contributed by atoms with Crippen molar-refractivity contribution >= 4 is 11.7 Å². The quantitative estimate of drug-likeness (QED) is 0.609.